The van der Waals surface area contributed by atoms with Gasteiger partial charge >= 0.3 is 0 Å². The summed E-state index contributed by atoms with van der Waals surface area (Å²) in [6.45, 7) is 2.58. The Labute approximate surface area is 113 Å². The third-order valence-corrected chi connectivity index (χ3v) is 5.35. The summed E-state index contributed by atoms with van der Waals surface area (Å²) in [7, 11) is 0. The molecule has 0 radical (unpaired) electrons. The van der Waals surface area contributed by atoms with E-state index in [9.17, 15) is 9.59 Å². The maximum atomic E-state index is 12.5. The third kappa shape index (κ3) is 1.62. The molecular weight excluding hydrogens is 240 g/mol. The molecule has 2 saturated heterocycles. The van der Waals surface area contributed by atoms with Crippen molar-refractivity contribution in [2.45, 2.75) is 25.7 Å². The summed E-state index contributed by atoms with van der Waals surface area (Å²) < 4.78 is 0. The lowest BCUT2D eigenvalue weighted by atomic mass is 9.85. The van der Waals surface area contributed by atoms with Gasteiger partial charge in [0.05, 0.1) is 18.5 Å². The molecule has 2 heterocycles. The van der Waals surface area contributed by atoms with Crippen LogP contribution >= 0.6 is 0 Å². The minimum Gasteiger partial charge on any atom is -0.286 e. The van der Waals surface area contributed by atoms with Crippen LogP contribution in [0, 0.1) is 23.7 Å². The van der Waals surface area contributed by atoms with Crippen LogP contribution in [0.5, 0.6) is 0 Å². The fourth-order valence-electron chi connectivity index (χ4n) is 4.40. The van der Waals surface area contributed by atoms with E-state index in [1.54, 1.807) is 4.90 Å². The number of hydrogen-bond donors (Lipinski definition) is 0. The minimum absolute atomic E-state index is 0.0349. The van der Waals surface area contributed by atoms with Gasteiger partial charge in [-0.2, -0.15) is 0 Å². The largest absolute Gasteiger partial charge is 0.286 e. The average Bonchev–Trinajstić information content (AvgIpc) is 3.10. The van der Waals surface area contributed by atoms with Crippen molar-refractivity contribution in [3.8, 4) is 0 Å². The summed E-state index contributed by atoms with van der Waals surface area (Å²) in [4.78, 5) is 28.8. The maximum Gasteiger partial charge on any atom is 0.234 e. The first kappa shape index (κ1) is 11.6. The Bertz CT molecular complexity index is 423. The van der Waals surface area contributed by atoms with Crippen LogP contribution < -0.4 is 0 Å². The molecule has 4 nitrogen and oxygen atoms in total. The van der Waals surface area contributed by atoms with Gasteiger partial charge in [-0.15, -0.1) is 0 Å². The quantitative estimate of drug-likeness (QED) is 0.554. The number of imide groups is 1. The summed E-state index contributed by atoms with van der Waals surface area (Å²) >= 11 is 0. The summed E-state index contributed by atoms with van der Waals surface area (Å²) in [6, 6.07) is 0. The summed E-state index contributed by atoms with van der Waals surface area (Å²) in [6.07, 6.45) is 8.98. The van der Waals surface area contributed by atoms with Crippen LogP contribution in [0.15, 0.2) is 12.2 Å². The van der Waals surface area contributed by atoms with Crippen LogP contribution in [-0.2, 0) is 9.59 Å². The van der Waals surface area contributed by atoms with Crippen LogP contribution in [0.4, 0.5) is 0 Å². The lowest BCUT2D eigenvalue weighted by molar-refractivity contribution is -0.143. The summed E-state index contributed by atoms with van der Waals surface area (Å²) in [5.41, 5.74) is 0. The van der Waals surface area contributed by atoms with Crippen LogP contribution in [0.2, 0.25) is 0 Å². The second kappa shape index (κ2) is 4.17. The van der Waals surface area contributed by atoms with E-state index in [1.165, 1.54) is 19.3 Å². The molecule has 3 fully saturated rings. The molecule has 0 spiro atoms. The number of rotatable bonds is 2. The normalized spacial score (nSPS) is 41.4. The van der Waals surface area contributed by atoms with Gasteiger partial charge in [-0.05, 0) is 44.2 Å². The number of carbonyl (C=O) groups excluding carboxylic acids is 2. The molecule has 4 rings (SSSR count). The molecule has 0 aromatic carbocycles. The highest BCUT2D eigenvalue weighted by molar-refractivity contribution is 6.06. The van der Waals surface area contributed by atoms with E-state index < -0.39 is 0 Å². The van der Waals surface area contributed by atoms with Gasteiger partial charge in [0, 0.05) is 0 Å². The van der Waals surface area contributed by atoms with Gasteiger partial charge in [0.2, 0.25) is 11.8 Å². The monoisotopic (exact) mass is 260 g/mol. The SMILES string of the molecule is O=C1[C@H]2[C@H](C(=O)N1CN1CCCCC1)[C@H]1C=C[C@H]2C1. The van der Waals surface area contributed by atoms with Crippen molar-refractivity contribution in [3.05, 3.63) is 12.2 Å². The lowest BCUT2D eigenvalue weighted by Crippen LogP contribution is -2.44. The molecule has 4 heteroatoms. The maximum absolute atomic E-state index is 12.5. The van der Waals surface area contributed by atoms with E-state index in [2.05, 4.69) is 17.1 Å². The molecule has 1 saturated carbocycles. The first-order valence-corrected chi connectivity index (χ1v) is 7.51. The lowest BCUT2D eigenvalue weighted by Gasteiger charge is -2.30. The number of likely N-dealkylation sites (tertiary alicyclic amines) is 2. The second-order valence-corrected chi connectivity index (χ2v) is 6.42. The van der Waals surface area contributed by atoms with Crippen molar-refractivity contribution in [1.29, 1.82) is 0 Å². The Kier molecular flexibility index (Phi) is 2.56. The van der Waals surface area contributed by atoms with Crippen LogP contribution in [0.1, 0.15) is 25.7 Å². The Morgan fingerprint density at radius 3 is 2.11 bits per heavy atom. The van der Waals surface area contributed by atoms with Crippen molar-refractivity contribution in [3.63, 3.8) is 0 Å². The first-order valence-electron chi connectivity index (χ1n) is 7.51. The van der Waals surface area contributed by atoms with Gasteiger partial charge in [0.25, 0.3) is 0 Å². The van der Waals surface area contributed by atoms with E-state index >= 15 is 0 Å². The fourth-order valence-corrected chi connectivity index (χ4v) is 4.40. The topological polar surface area (TPSA) is 40.6 Å². The molecule has 4 aliphatic rings. The van der Waals surface area contributed by atoms with E-state index in [0.717, 1.165) is 19.5 Å². The molecule has 102 valence electrons. The van der Waals surface area contributed by atoms with E-state index in [-0.39, 0.29) is 23.7 Å². The predicted molar refractivity (Wildman–Crippen MR) is 69.9 cm³/mol. The van der Waals surface area contributed by atoms with Crippen molar-refractivity contribution < 1.29 is 9.59 Å². The van der Waals surface area contributed by atoms with Gasteiger partial charge in [-0.25, -0.2) is 0 Å². The molecule has 4 atom stereocenters. The van der Waals surface area contributed by atoms with Crippen LogP contribution in [0.3, 0.4) is 0 Å². The van der Waals surface area contributed by atoms with Crippen molar-refractivity contribution in [2.24, 2.45) is 23.7 Å². The number of fused-ring (bicyclic) bond motifs is 5. The van der Waals surface area contributed by atoms with Crippen molar-refractivity contribution in [1.82, 2.24) is 9.80 Å². The third-order valence-electron chi connectivity index (χ3n) is 5.35. The van der Waals surface area contributed by atoms with Crippen LogP contribution in [0.25, 0.3) is 0 Å². The van der Waals surface area contributed by atoms with Crippen molar-refractivity contribution in [2.75, 3.05) is 19.8 Å². The Morgan fingerprint density at radius 1 is 0.947 bits per heavy atom. The van der Waals surface area contributed by atoms with Gasteiger partial charge in [0.15, 0.2) is 0 Å². The zero-order valence-electron chi connectivity index (χ0n) is 11.1. The Balaban J connectivity index is 1.52. The van der Waals surface area contributed by atoms with Gasteiger partial charge in [-0.1, -0.05) is 18.6 Å². The molecular formula is C15H20N2O2. The number of allylic oxidation sites excluding steroid dienone is 2. The highest BCUT2D eigenvalue weighted by atomic mass is 16.2. The molecule has 2 aliphatic carbocycles. The molecule has 2 bridgehead atoms. The predicted octanol–water partition coefficient (Wildman–Crippen LogP) is 1.24. The van der Waals surface area contributed by atoms with E-state index in [0.29, 0.717) is 18.5 Å². The number of hydrogen-bond acceptors (Lipinski definition) is 3. The molecule has 0 unspecified atom stereocenters. The highest BCUT2D eigenvalue weighted by Crippen LogP contribution is 2.52. The highest BCUT2D eigenvalue weighted by Gasteiger charge is 2.59. The van der Waals surface area contributed by atoms with Gasteiger partial charge < -0.3 is 0 Å². The molecule has 2 aliphatic heterocycles. The van der Waals surface area contributed by atoms with Crippen molar-refractivity contribution >= 4 is 11.8 Å². The van der Waals surface area contributed by atoms with Crippen LogP contribution in [-0.4, -0.2) is 41.4 Å². The molecule has 0 N–H and O–H groups in total. The fraction of sp³-hybridized carbons (Fsp3) is 0.733. The van der Waals surface area contributed by atoms with E-state index in [4.69, 9.17) is 0 Å². The Hall–Kier alpha value is -1.16. The molecule has 19 heavy (non-hydrogen) atoms. The molecule has 2 amide bonds. The minimum atomic E-state index is -0.0349. The smallest absolute Gasteiger partial charge is 0.234 e. The Morgan fingerprint density at radius 2 is 1.53 bits per heavy atom. The first-order chi connectivity index (χ1) is 9.25. The summed E-state index contributed by atoms with van der Waals surface area (Å²) in [5.74, 6) is 0.782. The van der Waals surface area contributed by atoms with Gasteiger partial charge in [-0.3, -0.25) is 19.4 Å². The molecule has 0 aromatic rings. The van der Waals surface area contributed by atoms with E-state index in [1.807, 2.05) is 0 Å². The number of piperidine rings is 1. The standard InChI is InChI=1S/C15H20N2O2/c18-14-12-10-4-5-11(8-10)13(12)15(19)17(14)9-16-6-2-1-3-7-16/h4-5,10-13H,1-3,6-9H2/t10-,11-,12+,13+/m0/s1. The number of carbonyl (C=O) groups is 2. The number of amides is 2. The summed E-state index contributed by atoms with van der Waals surface area (Å²) in [5, 5.41) is 0. The zero-order chi connectivity index (χ0) is 13.0. The second-order valence-electron chi connectivity index (χ2n) is 6.42. The zero-order valence-corrected chi connectivity index (χ0v) is 11.1. The van der Waals surface area contributed by atoms with Gasteiger partial charge in [0.1, 0.15) is 0 Å². The molecule has 0 aromatic heterocycles. The average molecular weight is 260 g/mol. The number of nitrogens with zero attached hydrogens (tertiary/aromatic N) is 2.